The number of nitrogens with zero attached hydrogens (tertiary/aromatic N) is 4. The van der Waals surface area contributed by atoms with E-state index in [0.717, 1.165) is 5.69 Å². The van der Waals surface area contributed by atoms with Gasteiger partial charge in [0.05, 0.1) is 23.9 Å². The summed E-state index contributed by atoms with van der Waals surface area (Å²) in [5, 5.41) is 2.79. The highest BCUT2D eigenvalue weighted by molar-refractivity contribution is 7.91. The lowest BCUT2D eigenvalue weighted by atomic mass is 10.2. The van der Waals surface area contributed by atoms with E-state index < -0.39 is 9.84 Å². The third-order valence-corrected chi connectivity index (χ3v) is 6.38. The lowest BCUT2D eigenvalue weighted by molar-refractivity contribution is 0.102. The van der Waals surface area contributed by atoms with Crippen LogP contribution in [0.15, 0.2) is 36.7 Å². The molecule has 2 heterocycles. The van der Waals surface area contributed by atoms with Crippen molar-refractivity contribution in [1.29, 1.82) is 0 Å². The third kappa shape index (κ3) is 4.54. The number of anilines is 3. The van der Waals surface area contributed by atoms with Gasteiger partial charge in [-0.15, -0.1) is 0 Å². The first-order valence-corrected chi connectivity index (χ1v) is 10.4. The van der Waals surface area contributed by atoms with E-state index in [2.05, 4.69) is 15.3 Å². The number of hydrogen-bond acceptors (Lipinski definition) is 7. The summed E-state index contributed by atoms with van der Waals surface area (Å²) in [7, 11) is 2.72. The predicted molar refractivity (Wildman–Crippen MR) is 106 cm³/mol. The molecule has 0 radical (unpaired) electrons. The first-order valence-electron chi connectivity index (χ1n) is 8.59. The van der Waals surface area contributed by atoms with Crippen molar-refractivity contribution in [2.75, 3.05) is 47.8 Å². The van der Waals surface area contributed by atoms with Crippen LogP contribution in [0.1, 0.15) is 16.9 Å². The van der Waals surface area contributed by atoms with Crippen LogP contribution in [0.3, 0.4) is 0 Å². The van der Waals surface area contributed by atoms with Crippen LogP contribution in [0.4, 0.5) is 17.2 Å². The van der Waals surface area contributed by atoms with Crippen LogP contribution >= 0.6 is 0 Å². The monoisotopic (exact) mass is 389 g/mol. The molecular formula is C18H23N5O3S. The Bertz CT molecular complexity index is 911. The Hall–Kier alpha value is -2.68. The van der Waals surface area contributed by atoms with Crippen LogP contribution < -0.4 is 15.1 Å². The van der Waals surface area contributed by atoms with Crippen LogP contribution in [-0.4, -0.2) is 63.0 Å². The highest BCUT2D eigenvalue weighted by atomic mass is 32.2. The number of aromatic nitrogens is 2. The van der Waals surface area contributed by atoms with Gasteiger partial charge in [0.25, 0.3) is 5.91 Å². The Labute approximate surface area is 159 Å². The maximum Gasteiger partial charge on any atom is 0.275 e. The first-order chi connectivity index (χ1) is 12.7. The van der Waals surface area contributed by atoms with Crippen molar-refractivity contribution in [2.24, 2.45) is 0 Å². The SMILES string of the molecule is CN(C)c1ccc(NC(=O)c2cnc(N(C)C3CCS(=O)(=O)C3)cn2)cc1. The van der Waals surface area contributed by atoms with Crippen molar-refractivity contribution in [3.05, 3.63) is 42.4 Å². The largest absolute Gasteiger partial charge is 0.378 e. The van der Waals surface area contributed by atoms with Crippen LogP contribution in [0.25, 0.3) is 0 Å². The van der Waals surface area contributed by atoms with E-state index in [1.165, 1.54) is 12.4 Å². The lowest BCUT2D eigenvalue weighted by Gasteiger charge is -2.24. The highest BCUT2D eigenvalue weighted by Crippen LogP contribution is 2.21. The van der Waals surface area contributed by atoms with Crippen molar-refractivity contribution in [3.8, 4) is 0 Å². The normalized spacial score (nSPS) is 18.1. The molecule has 1 unspecified atom stereocenters. The van der Waals surface area contributed by atoms with Gasteiger partial charge in [-0.3, -0.25) is 4.79 Å². The predicted octanol–water partition coefficient (Wildman–Crippen LogP) is 1.42. The van der Waals surface area contributed by atoms with Gasteiger partial charge in [0.2, 0.25) is 0 Å². The molecule has 1 N–H and O–H groups in total. The highest BCUT2D eigenvalue weighted by Gasteiger charge is 2.31. The fourth-order valence-electron chi connectivity index (χ4n) is 2.93. The molecule has 1 aromatic heterocycles. The summed E-state index contributed by atoms with van der Waals surface area (Å²) < 4.78 is 23.3. The lowest BCUT2D eigenvalue weighted by Crippen LogP contribution is -2.33. The van der Waals surface area contributed by atoms with Gasteiger partial charge >= 0.3 is 0 Å². The zero-order chi connectivity index (χ0) is 19.6. The third-order valence-electron chi connectivity index (χ3n) is 4.63. The summed E-state index contributed by atoms with van der Waals surface area (Å²) in [6.07, 6.45) is 3.47. The average molecular weight is 389 g/mol. The van der Waals surface area contributed by atoms with E-state index in [-0.39, 0.29) is 29.1 Å². The molecule has 144 valence electrons. The van der Waals surface area contributed by atoms with Crippen molar-refractivity contribution < 1.29 is 13.2 Å². The zero-order valence-corrected chi connectivity index (χ0v) is 16.4. The minimum Gasteiger partial charge on any atom is -0.378 e. The van der Waals surface area contributed by atoms with Gasteiger partial charge in [-0.05, 0) is 30.7 Å². The Kier molecular flexibility index (Phi) is 5.31. The number of amides is 1. The van der Waals surface area contributed by atoms with Crippen molar-refractivity contribution in [2.45, 2.75) is 12.5 Å². The molecule has 1 aliphatic rings. The Morgan fingerprint density at radius 3 is 2.33 bits per heavy atom. The van der Waals surface area contributed by atoms with E-state index in [0.29, 0.717) is 17.9 Å². The Balaban J connectivity index is 1.65. The molecule has 1 saturated heterocycles. The summed E-state index contributed by atoms with van der Waals surface area (Å²) in [4.78, 5) is 24.6. The maximum absolute atomic E-state index is 12.3. The maximum atomic E-state index is 12.3. The number of benzene rings is 1. The molecule has 0 spiro atoms. The molecule has 1 atom stereocenters. The number of rotatable bonds is 5. The molecule has 9 heteroatoms. The van der Waals surface area contributed by atoms with Crippen LogP contribution in [-0.2, 0) is 9.84 Å². The second kappa shape index (κ2) is 7.51. The minimum atomic E-state index is -2.97. The molecule has 0 aliphatic carbocycles. The molecule has 2 aromatic rings. The van der Waals surface area contributed by atoms with Crippen LogP contribution in [0.2, 0.25) is 0 Å². The molecule has 0 bridgehead atoms. The van der Waals surface area contributed by atoms with Gasteiger partial charge < -0.3 is 15.1 Å². The number of sulfone groups is 1. The second-order valence-electron chi connectivity index (χ2n) is 6.82. The van der Waals surface area contributed by atoms with Gasteiger partial charge in [-0.2, -0.15) is 0 Å². The molecule has 3 rings (SSSR count). The van der Waals surface area contributed by atoms with Crippen LogP contribution in [0, 0.1) is 0 Å². The van der Waals surface area contributed by atoms with Crippen LogP contribution in [0.5, 0.6) is 0 Å². The van der Waals surface area contributed by atoms with Gasteiger partial charge in [-0.25, -0.2) is 18.4 Å². The van der Waals surface area contributed by atoms with Gasteiger partial charge in [0.15, 0.2) is 9.84 Å². The Morgan fingerprint density at radius 1 is 1.11 bits per heavy atom. The van der Waals surface area contributed by atoms with Gasteiger partial charge in [0.1, 0.15) is 11.5 Å². The average Bonchev–Trinajstić information content (AvgIpc) is 3.01. The van der Waals surface area contributed by atoms with E-state index in [1.807, 2.05) is 43.3 Å². The topological polar surface area (TPSA) is 95.5 Å². The molecular weight excluding hydrogens is 366 g/mol. The number of nitrogens with one attached hydrogen (secondary N) is 1. The molecule has 1 fully saturated rings. The summed E-state index contributed by atoms with van der Waals surface area (Å²) in [6.45, 7) is 0. The van der Waals surface area contributed by atoms with Crippen molar-refractivity contribution >= 4 is 32.9 Å². The van der Waals surface area contributed by atoms with Gasteiger partial charge in [-0.1, -0.05) is 0 Å². The first kappa shape index (κ1) is 19.1. The van der Waals surface area contributed by atoms with Crippen molar-refractivity contribution in [1.82, 2.24) is 9.97 Å². The fraction of sp³-hybridized carbons (Fsp3) is 0.389. The summed E-state index contributed by atoms with van der Waals surface area (Å²) in [5.41, 5.74) is 1.90. The molecule has 8 nitrogen and oxygen atoms in total. The zero-order valence-electron chi connectivity index (χ0n) is 15.6. The molecule has 1 aromatic carbocycles. The van der Waals surface area contributed by atoms with E-state index >= 15 is 0 Å². The number of carbonyl (C=O) groups excluding carboxylic acids is 1. The minimum absolute atomic E-state index is 0.112. The second-order valence-corrected chi connectivity index (χ2v) is 9.05. The van der Waals surface area contributed by atoms with Crippen molar-refractivity contribution in [3.63, 3.8) is 0 Å². The molecule has 1 amide bonds. The molecule has 27 heavy (non-hydrogen) atoms. The van der Waals surface area contributed by atoms with E-state index in [4.69, 9.17) is 0 Å². The summed E-state index contributed by atoms with van der Waals surface area (Å²) in [5.74, 6) is 0.514. The number of hydrogen-bond donors (Lipinski definition) is 1. The Morgan fingerprint density at radius 2 is 1.81 bits per heavy atom. The summed E-state index contributed by atoms with van der Waals surface area (Å²) >= 11 is 0. The van der Waals surface area contributed by atoms with E-state index in [9.17, 15) is 13.2 Å². The van der Waals surface area contributed by atoms with E-state index in [1.54, 1.807) is 11.9 Å². The van der Waals surface area contributed by atoms with Gasteiger partial charge in [0, 0.05) is 38.6 Å². The summed E-state index contributed by atoms with van der Waals surface area (Å²) in [6, 6.07) is 7.36. The quantitative estimate of drug-likeness (QED) is 0.826. The molecule has 0 saturated carbocycles. The molecule has 1 aliphatic heterocycles. The number of carbonyl (C=O) groups is 1. The standard InChI is InChI=1S/C18H23N5O3S/c1-22(2)14-6-4-13(5-7-14)21-18(24)16-10-20-17(11-19-16)23(3)15-8-9-27(25,26)12-15/h4-7,10-11,15H,8-9,12H2,1-3H3,(H,21,24). The smallest absolute Gasteiger partial charge is 0.275 e. The fourth-order valence-corrected chi connectivity index (χ4v) is 4.70.